The maximum Gasteiger partial charge on any atom is 0.271 e. The Morgan fingerprint density at radius 1 is 0.969 bits per heavy atom. The quantitative estimate of drug-likeness (QED) is 0.488. The first kappa shape index (κ1) is 21.8. The second kappa shape index (κ2) is 9.82. The summed E-state index contributed by atoms with van der Waals surface area (Å²) < 4.78 is 25.8. The predicted molar refractivity (Wildman–Crippen MR) is 122 cm³/mol. The predicted octanol–water partition coefficient (Wildman–Crippen LogP) is 4.90. The molecule has 0 radical (unpaired) electrons. The molecule has 32 heavy (non-hydrogen) atoms. The van der Waals surface area contributed by atoms with Gasteiger partial charge in [-0.1, -0.05) is 30.3 Å². The van der Waals surface area contributed by atoms with Crippen molar-refractivity contribution in [2.75, 3.05) is 38.1 Å². The summed E-state index contributed by atoms with van der Waals surface area (Å²) in [7, 11) is 3.13. The van der Waals surface area contributed by atoms with E-state index in [9.17, 15) is 4.39 Å². The molecule has 2 N–H and O–H groups in total. The van der Waals surface area contributed by atoms with E-state index >= 15 is 0 Å². The average molecular weight is 439 g/mol. The average Bonchev–Trinajstić information content (AvgIpc) is 2.82. The van der Waals surface area contributed by atoms with Crippen molar-refractivity contribution in [1.29, 1.82) is 0 Å². The topological polar surface area (TPSA) is 68.3 Å². The number of methoxy groups -OCH3 is 2. The summed E-state index contributed by atoms with van der Waals surface area (Å²) >= 11 is 0. The highest BCUT2D eigenvalue weighted by Gasteiger charge is 2.32. The Morgan fingerprint density at radius 2 is 1.72 bits per heavy atom. The number of rotatable bonds is 8. The van der Waals surface area contributed by atoms with Gasteiger partial charge in [-0.15, -0.1) is 0 Å². The van der Waals surface area contributed by atoms with E-state index in [1.54, 1.807) is 32.4 Å². The summed E-state index contributed by atoms with van der Waals surface area (Å²) in [5, 5.41) is 3.03. The van der Waals surface area contributed by atoms with Crippen molar-refractivity contribution in [1.82, 2.24) is 9.97 Å². The first-order chi connectivity index (χ1) is 15.6. The summed E-state index contributed by atoms with van der Waals surface area (Å²) in [5.74, 6) is 1.11. The fourth-order valence-electron chi connectivity index (χ4n) is 4.13. The molecule has 0 unspecified atom stereocenters. The van der Waals surface area contributed by atoms with E-state index < -0.39 is 5.82 Å². The van der Waals surface area contributed by atoms with Gasteiger partial charge in [-0.25, -0.2) is 14.0 Å². The number of likely N-dealkylation sites (tertiary alicyclic amines) is 1. The molecule has 1 aliphatic rings. The zero-order chi connectivity index (χ0) is 22.4. The molecule has 4 rings (SSSR count). The molecule has 0 atom stereocenters. The Balaban J connectivity index is 1.57. The molecule has 1 aromatic heterocycles. The second-order valence-electron chi connectivity index (χ2n) is 7.99. The number of quaternary nitrogens is 1. The molecule has 3 aromatic rings. The van der Waals surface area contributed by atoms with Crippen molar-refractivity contribution < 1.29 is 18.5 Å². The summed E-state index contributed by atoms with van der Waals surface area (Å²) in [4.78, 5) is 8.68. The van der Waals surface area contributed by atoms with Gasteiger partial charge in [-0.3, -0.25) is 0 Å². The molecule has 0 bridgehead atoms. The second-order valence-corrected chi connectivity index (χ2v) is 7.99. The number of hydrogen-bond donors (Lipinski definition) is 2. The summed E-state index contributed by atoms with van der Waals surface area (Å²) in [6, 6.07) is 15.7. The van der Waals surface area contributed by atoms with Gasteiger partial charge in [0.1, 0.15) is 19.6 Å². The van der Waals surface area contributed by atoms with E-state index in [4.69, 9.17) is 9.47 Å². The third-order valence-electron chi connectivity index (χ3n) is 5.73. The van der Waals surface area contributed by atoms with Gasteiger partial charge in [0.2, 0.25) is 0 Å². The molecule has 1 aliphatic heterocycles. The van der Waals surface area contributed by atoms with E-state index in [1.807, 2.05) is 6.07 Å². The van der Waals surface area contributed by atoms with Crippen LogP contribution in [0.1, 0.15) is 24.8 Å². The number of ether oxygens (including phenoxy) is 2. The number of anilines is 3. The molecule has 2 aromatic carbocycles. The lowest BCUT2D eigenvalue weighted by Crippen LogP contribution is -2.55. The molecule has 1 saturated heterocycles. The minimum Gasteiger partial charge on any atom is -0.493 e. The van der Waals surface area contributed by atoms with Crippen LogP contribution in [0, 0.1) is 5.82 Å². The molecule has 7 nitrogen and oxygen atoms in total. The normalized spacial score (nSPS) is 15.1. The Morgan fingerprint density at radius 3 is 2.44 bits per heavy atom. The SMILES string of the molecule is COc1ccc(Nc2nc(N[N+]3(Cc4ccccc4)CCCCC3)ncc2F)cc1OC. The molecule has 0 spiro atoms. The van der Waals surface area contributed by atoms with Crippen molar-refractivity contribution >= 4 is 17.5 Å². The van der Waals surface area contributed by atoms with Crippen LogP contribution in [0.25, 0.3) is 0 Å². The van der Waals surface area contributed by atoms with Crippen LogP contribution in [0.4, 0.5) is 21.8 Å². The largest absolute Gasteiger partial charge is 0.493 e. The van der Waals surface area contributed by atoms with Crippen LogP contribution < -0.4 is 20.2 Å². The van der Waals surface area contributed by atoms with E-state index in [-0.39, 0.29) is 5.82 Å². The molecule has 168 valence electrons. The highest BCUT2D eigenvalue weighted by molar-refractivity contribution is 5.62. The fourth-order valence-corrected chi connectivity index (χ4v) is 4.13. The van der Waals surface area contributed by atoms with Gasteiger partial charge in [0.15, 0.2) is 23.1 Å². The lowest BCUT2D eigenvalue weighted by Gasteiger charge is -2.40. The van der Waals surface area contributed by atoms with Crippen LogP contribution in [0.15, 0.2) is 54.7 Å². The number of benzene rings is 2. The van der Waals surface area contributed by atoms with Crippen LogP contribution in [0.5, 0.6) is 11.5 Å². The Labute approximate surface area is 187 Å². The number of piperidine rings is 1. The van der Waals surface area contributed by atoms with Crippen molar-refractivity contribution in [3.05, 3.63) is 66.1 Å². The lowest BCUT2D eigenvalue weighted by atomic mass is 10.1. The van der Waals surface area contributed by atoms with Crippen LogP contribution in [-0.4, -0.2) is 41.9 Å². The smallest absolute Gasteiger partial charge is 0.271 e. The summed E-state index contributed by atoms with van der Waals surface area (Å²) in [6.45, 7) is 2.75. The molecule has 0 amide bonds. The van der Waals surface area contributed by atoms with E-state index in [0.29, 0.717) is 27.7 Å². The molecular weight excluding hydrogens is 409 g/mol. The van der Waals surface area contributed by atoms with E-state index in [0.717, 1.165) is 32.5 Å². The monoisotopic (exact) mass is 438 g/mol. The molecule has 0 saturated carbocycles. The van der Waals surface area contributed by atoms with Crippen LogP contribution in [0.2, 0.25) is 0 Å². The zero-order valence-corrected chi connectivity index (χ0v) is 18.5. The first-order valence-electron chi connectivity index (χ1n) is 10.8. The minimum atomic E-state index is -0.529. The van der Waals surface area contributed by atoms with Crippen LogP contribution >= 0.6 is 0 Å². The Kier molecular flexibility index (Phi) is 6.70. The first-order valence-corrected chi connectivity index (χ1v) is 10.8. The Bertz CT molecular complexity index is 1040. The van der Waals surface area contributed by atoms with Gasteiger partial charge in [-0.2, -0.15) is 10.4 Å². The number of nitrogens with zero attached hydrogens (tertiary/aromatic N) is 3. The minimum absolute atomic E-state index is 0.101. The maximum atomic E-state index is 14.5. The van der Waals surface area contributed by atoms with Crippen molar-refractivity contribution in [2.24, 2.45) is 0 Å². The summed E-state index contributed by atoms with van der Waals surface area (Å²) in [6.07, 6.45) is 4.66. The number of hydrogen-bond acceptors (Lipinski definition) is 6. The molecule has 8 heteroatoms. The van der Waals surface area contributed by atoms with Gasteiger partial charge >= 0.3 is 0 Å². The zero-order valence-electron chi connectivity index (χ0n) is 18.5. The van der Waals surface area contributed by atoms with Gasteiger partial charge in [0.25, 0.3) is 5.95 Å². The number of aromatic nitrogens is 2. The maximum absolute atomic E-state index is 14.5. The molecule has 0 aliphatic carbocycles. The fraction of sp³-hybridized carbons (Fsp3) is 0.333. The molecule has 1 fully saturated rings. The summed E-state index contributed by atoms with van der Waals surface area (Å²) in [5.41, 5.74) is 5.38. The van der Waals surface area contributed by atoms with Crippen LogP contribution in [0.3, 0.4) is 0 Å². The number of halogens is 1. The van der Waals surface area contributed by atoms with Gasteiger partial charge < -0.3 is 14.8 Å². The third-order valence-corrected chi connectivity index (χ3v) is 5.73. The van der Waals surface area contributed by atoms with Gasteiger partial charge in [-0.05, 0) is 31.4 Å². The van der Waals surface area contributed by atoms with Crippen molar-refractivity contribution in [3.63, 3.8) is 0 Å². The highest BCUT2D eigenvalue weighted by atomic mass is 19.1. The van der Waals surface area contributed by atoms with E-state index in [2.05, 4.69) is 45.0 Å². The van der Waals surface area contributed by atoms with Crippen molar-refractivity contribution in [3.8, 4) is 11.5 Å². The highest BCUT2D eigenvalue weighted by Crippen LogP contribution is 2.31. The molecular formula is C24H29FN5O2+. The van der Waals surface area contributed by atoms with Gasteiger partial charge in [0.05, 0.1) is 20.4 Å². The standard InChI is InChI=1S/C24H29FN5O2/c1-31-21-12-11-19(15-22(21)32-2)27-23-20(25)16-26-24(28-23)29-30(13-7-4-8-14-30)17-18-9-5-3-6-10-18/h3,5-6,9-12,15-16H,4,7-8,13-14,17H2,1-2H3,(H2,26,27,28,29)/q+1. The molecule has 2 heterocycles. The van der Waals surface area contributed by atoms with Gasteiger partial charge in [0, 0.05) is 17.3 Å². The Hall–Kier alpha value is -3.39. The third kappa shape index (κ3) is 5.08. The van der Waals surface area contributed by atoms with Crippen LogP contribution in [-0.2, 0) is 6.54 Å². The van der Waals surface area contributed by atoms with E-state index in [1.165, 1.54) is 18.2 Å². The lowest BCUT2D eigenvalue weighted by molar-refractivity contribution is -0.925. The van der Waals surface area contributed by atoms with Crippen molar-refractivity contribution in [2.45, 2.75) is 25.8 Å². The number of nitrogens with one attached hydrogen (secondary N) is 2.